The van der Waals surface area contributed by atoms with Crippen LogP contribution in [0, 0.1) is 5.82 Å². The number of nitrogens with zero attached hydrogens (tertiary/aromatic N) is 1. The van der Waals surface area contributed by atoms with Crippen LogP contribution in [0.2, 0.25) is 0 Å². The average molecular weight is 548 g/mol. The Hall–Kier alpha value is -2.48. The molecule has 0 amide bonds. The van der Waals surface area contributed by atoms with E-state index in [1.54, 1.807) is 6.92 Å². The maximum atomic E-state index is 13.6. The van der Waals surface area contributed by atoms with E-state index in [1.165, 1.54) is 26.9 Å². The highest BCUT2D eigenvalue weighted by Crippen LogP contribution is 2.47. The molecule has 0 saturated carbocycles. The van der Waals surface area contributed by atoms with Crippen molar-refractivity contribution in [2.75, 3.05) is 13.2 Å². The molecule has 1 saturated heterocycles. The number of H-pyrrole nitrogens is 1. The maximum Gasteiger partial charge on any atom is 0.459 e. The molecule has 0 radical (unpaired) electrons. The van der Waals surface area contributed by atoms with Crippen LogP contribution < -0.4 is 20.9 Å². The van der Waals surface area contributed by atoms with Crippen LogP contribution in [0.25, 0.3) is 0 Å². The summed E-state index contributed by atoms with van der Waals surface area (Å²) in [4.78, 5) is 37.7. The van der Waals surface area contributed by atoms with Crippen LogP contribution >= 0.6 is 19.3 Å². The first-order chi connectivity index (χ1) is 16.9. The van der Waals surface area contributed by atoms with Crippen LogP contribution in [0.5, 0.6) is 5.75 Å². The van der Waals surface area contributed by atoms with Crippen molar-refractivity contribution in [1.82, 2.24) is 14.6 Å². The number of aliphatic hydroxyl groups excluding tert-OH is 1. The van der Waals surface area contributed by atoms with Crippen molar-refractivity contribution in [2.45, 2.75) is 43.1 Å². The summed E-state index contributed by atoms with van der Waals surface area (Å²) >= 11 is 6.48. The molecular formula is C20H25BClFN3O9P. The highest BCUT2D eigenvalue weighted by molar-refractivity contribution is 7.52. The zero-order chi connectivity index (χ0) is 26.7. The van der Waals surface area contributed by atoms with Crippen LogP contribution in [-0.4, -0.2) is 64.7 Å². The zero-order valence-corrected chi connectivity index (χ0v) is 21.2. The molecule has 2 heterocycles. The summed E-state index contributed by atoms with van der Waals surface area (Å²) in [5, 5.41) is 13.2. The molecule has 1 aliphatic rings. The molecule has 6 atom stereocenters. The average Bonchev–Trinajstić information content (AvgIpc) is 3.01. The molecule has 196 valence electrons. The SMILES string of the molecule is B[C@]1(Cl)[C@H](O)[C@@H](CO[P@@](=O)(N[C@@H](C)C(=O)OCC)Oc2cccc(F)c2)O[C@H]1n1ccc(=O)[nH]c1=O. The van der Waals surface area contributed by atoms with Crippen LogP contribution in [-0.2, 0) is 23.4 Å². The Morgan fingerprint density at radius 2 is 2.17 bits per heavy atom. The first-order valence-electron chi connectivity index (χ1n) is 10.8. The molecule has 12 nitrogen and oxygen atoms in total. The molecule has 0 spiro atoms. The quantitative estimate of drug-likeness (QED) is 0.163. The molecule has 3 rings (SSSR count). The predicted octanol–water partition coefficient (Wildman–Crippen LogP) is 0.247. The third-order valence-corrected chi connectivity index (χ3v) is 7.30. The van der Waals surface area contributed by atoms with E-state index in [2.05, 4.69) is 10.1 Å². The van der Waals surface area contributed by atoms with Crippen LogP contribution in [0.3, 0.4) is 0 Å². The van der Waals surface area contributed by atoms with E-state index < -0.39 is 66.6 Å². The largest absolute Gasteiger partial charge is 0.465 e. The number of rotatable bonds is 10. The lowest BCUT2D eigenvalue weighted by Crippen LogP contribution is -2.45. The van der Waals surface area contributed by atoms with Gasteiger partial charge in [0.15, 0.2) is 6.23 Å². The number of aromatic amines is 1. The smallest absolute Gasteiger partial charge is 0.459 e. The minimum Gasteiger partial charge on any atom is -0.465 e. The number of carbonyl (C=O) groups is 1. The summed E-state index contributed by atoms with van der Waals surface area (Å²) in [5.74, 6) is -1.57. The summed E-state index contributed by atoms with van der Waals surface area (Å²) in [6.45, 7) is 2.45. The number of hydrogen-bond donors (Lipinski definition) is 3. The lowest BCUT2D eigenvalue weighted by Gasteiger charge is -2.26. The molecule has 36 heavy (non-hydrogen) atoms. The zero-order valence-electron chi connectivity index (χ0n) is 19.6. The first-order valence-corrected chi connectivity index (χ1v) is 12.8. The summed E-state index contributed by atoms with van der Waals surface area (Å²) in [7, 11) is -2.98. The highest BCUT2D eigenvalue weighted by Gasteiger charge is 2.53. The number of carbonyl (C=O) groups excluding carboxylic acids is 1. The van der Waals surface area contributed by atoms with E-state index in [9.17, 15) is 28.4 Å². The van der Waals surface area contributed by atoms with Crippen molar-refractivity contribution in [1.29, 1.82) is 0 Å². The monoisotopic (exact) mass is 547 g/mol. The van der Waals surface area contributed by atoms with Gasteiger partial charge in [0.05, 0.1) is 24.1 Å². The Bertz CT molecular complexity index is 1260. The number of nitrogens with one attached hydrogen (secondary N) is 2. The molecule has 2 aromatic rings. The van der Waals surface area contributed by atoms with Crippen molar-refractivity contribution < 1.29 is 37.4 Å². The number of alkyl halides is 1. The van der Waals surface area contributed by atoms with Crippen molar-refractivity contribution in [3.63, 3.8) is 0 Å². The molecule has 1 aliphatic heterocycles. The van der Waals surface area contributed by atoms with Crippen molar-refractivity contribution >= 4 is 33.2 Å². The number of halogens is 2. The molecule has 0 bridgehead atoms. The fourth-order valence-electron chi connectivity index (χ4n) is 3.44. The minimum absolute atomic E-state index is 0.0721. The van der Waals surface area contributed by atoms with Gasteiger partial charge < -0.3 is 19.1 Å². The Morgan fingerprint density at radius 3 is 2.81 bits per heavy atom. The lowest BCUT2D eigenvalue weighted by atomic mass is 9.79. The number of aromatic nitrogens is 2. The van der Waals surface area contributed by atoms with Crippen molar-refractivity contribution in [3.05, 3.63) is 63.2 Å². The van der Waals surface area contributed by atoms with Crippen LogP contribution in [0.15, 0.2) is 46.1 Å². The van der Waals surface area contributed by atoms with Gasteiger partial charge in [-0.2, -0.15) is 5.09 Å². The minimum atomic E-state index is -4.39. The number of hydrogen-bond acceptors (Lipinski definition) is 9. The fraction of sp³-hybridized carbons (Fsp3) is 0.450. The van der Waals surface area contributed by atoms with E-state index in [0.29, 0.717) is 0 Å². The van der Waals surface area contributed by atoms with Crippen molar-refractivity contribution in [3.8, 4) is 5.75 Å². The summed E-state index contributed by atoms with van der Waals surface area (Å²) in [5.41, 5.74) is -1.46. The fourth-order valence-corrected chi connectivity index (χ4v) is 5.23. The van der Waals surface area contributed by atoms with E-state index in [4.69, 9.17) is 30.1 Å². The molecule has 3 N–H and O–H groups in total. The van der Waals surface area contributed by atoms with Gasteiger partial charge in [-0.15, -0.1) is 11.6 Å². The Labute approximate surface area is 210 Å². The molecule has 1 aromatic carbocycles. The Kier molecular flexibility index (Phi) is 8.81. The topological polar surface area (TPSA) is 158 Å². The number of aliphatic hydroxyl groups is 1. The van der Waals surface area contributed by atoms with E-state index in [1.807, 2.05) is 0 Å². The summed E-state index contributed by atoms with van der Waals surface area (Å²) in [6.07, 6.45) is -2.74. The third-order valence-electron chi connectivity index (χ3n) is 5.24. The van der Waals surface area contributed by atoms with Crippen molar-refractivity contribution in [2.24, 2.45) is 0 Å². The molecule has 1 fully saturated rings. The summed E-state index contributed by atoms with van der Waals surface area (Å²) in [6, 6.07) is 4.68. The maximum absolute atomic E-state index is 13.6. The first kappa shape index (κ1) is 28.1. The van der Waals surface area contributed by atoms with E-state index in [0.717, 1.165) is 29.0 Å². The van der Waals surface area contributed by atoms with Gasteiger partial charge in [-0.3, -0.25) is 23.7 Å². The summed E-state index contributed by atoms with van der Waals surface area (Å²) < 4.78 is 48.1. The number of esters is 1. The predicted molar refractivity (Wildman–Crippen MR) is 128 cm³/mol. The second-order valence-electron chi connectivity index (χ2n) is 8.09. The molecule has 16 heteroatoms. The van der Waals surface area contributed by atoms with Gasteiger partial charge in [-0.05, 0) is 26.0 Å². The highest BCUT2D eigenvalue weighted by atomic mass is 35.5. The lowest BCUT2D eigenvalue weighted by molar-refractivity contribution is -0.144. The molecular weight excluding hydrogens is 522 g/mol. The molecule has 0 aliphatic carbocycles. The second-order valence-corrected chi connectivity index (χ2v) is 10.6. The molecule has 1 aromatic heterocycles. The third kappa shape index (κ3) is 6.44. The van der Waals surface area contributed by atoms with Gasteiger partial charge in [0.25, 0.3) is 5.56 Å². The standard InChI is InChI=1S/C20H25BClFN3O9P/c1-3-32-17(29)11(2)25-36(31,35-13-6-4-5-12(23)9-13)33-10-14-16(28)20(21,22)18(34-14)26-8-7-15(27)24-19(26)30/h4-9,11,14,16,18,28H,3,10,21H2,1-2H3,(H,25,31)(H,24,27,30)/t11-,14+,16+,18+,20-,36-/m0/s1. The number of benzene rings is 1. The van der Waals surface area contributed by atoms with Gasteiger partial charge >= 0.3 is 19.4 Å². The van der Waals surface area contributed by atoms with Gasteiger partial charge in [0.2, 0.25) is 0 Å². The van der Waals surface area contributed by atoms with Crippen LogP contribution in [0.4, 0.5) is 4.39 Å². The molecule has 0 unspecified atom stereocenters. The second kappa shape index (κ2) is 11.3. The van der Waals surface area contributed by atoms with Gasteiger partial charge in [-0.25, -0.2) is 13.8 Å². The van der Waals surface area contributed by atoms with Gasteiger partial charge in [0.1, 0.15) is 31.6 Å². The van der Waals surface area contributed by atoms with Gasteiger partial charge in [-0.1, -0.05) is 6.07 Å². The van der Waals surface area contributed by atoms with Crippen LogP contribution in [0.1, 0.15) is 20.1 Å². The normalized spacial score (nSPS) is 26.2. The van der Waals surface area contributed by atoms with E-state index in [-0.39, 0.29) is 12.4 Å². The van der Waals surface area contributed by atoms with E-state index >= 15 is 0 Å². The number of ether oxygens (including phenoxy) is 2. The Morgan fingerprint density at radius 1 is 1.44 bits per heavy atom. The Balaban J connectivity index is 1.82. The van der Waals surface area contributed by atoms with Gasteiger partial charge in [0, 0.05) is 18.3 Å².